The van der Waals surface area contributed by atoms with E-state index in [-0.39, 0.29) is 6.04 Å². The fraction of sp³-hybridized carbons (Fsp3) is 0.455. The highest BCUT2D eigenvalue weighted by Crippen LogP contribution is 2.21. The molecule has 2 nitrogen and oxygen atoms in total. The first-order chi connectivity index (χ1) is 6.04. The van der Waals surface area contributed by atoms with Gasteiger partial charge in [0, 0.05) is 6.04 Å². The number of benzene rings is 1. The van der Waals surface area contributed by atoms with Gasteiger partial charge >= 0.3 is 0 Å². The van der Waals surface area contributed by atoms with Crippen LogP contribution in [0.4, 0.5) is 0 Å². The maximum atomic E-state index is 9.78. The zero-order chi connectivity index (χ0) is 10.0. The second kappa shape index (κ2) is 3.90. The largest absolute Gasteiger partial charge is 0.387 e. The van der Waals surface area contributed by atoms with Gasteiger partial charge in [0.15, 0.2) is 0 Å². The molecule has 0 radical (unpaired) electrons. The lowest BCUT2D eigenvalue weighted by molar-refractivity contribution is 0.152. The molecular weight excluding hydrogens is 162 g/mol. The van der Waals surface area contributed by atoms with E-state index in [0.717, 1.165) is 11.1 Å². The van der Waals surface area contributed by atoms with Crippen LogP contribution in [0.2, 0.25) is 0 Å². The Kier molecular flexibility index (Phi) is 3.07. The molecule has 0 fully saturated rings. The van der Waals surface area contributed by atoms with Crippen molar-refractivity contribution < 1.29 is 5.11 Å². The molecule has 0 aliphatic carbocycles. The van der Waals surface area contributed by atoms with Gasteiger partial charge in [0.05, 0.1) is 6.10 Å². The molecule has 0 aliphatic rings. The van der Waals surface area contributed by atoms with E-state index in [1.54, 1.807) is 0 Å². The van der Waals surface area contributed by atoms with Gasteiger partial charge in [-0.1, -0.05) is 18.2 Å². The highest BCUT2D eigenvalue weighted by atomic mass is 16.3. The molecule has 0 heterocycles. The topological polar surface area (TPSA) is 46.2 Å². The molecule has 2 heteroatoms. The van der Waals surface area contributed by atoms with Crippen molar-refractivity contribution in [3.63, 3.8) is 0 Å². The SMILES string of the molecule is Cc1cccc([C@H](O)[C@H](C)N)c1C. The van der Waals surface area contributed by atoms with Gasteiger partial charge in [-0.3, -0.25) is 0 Å². The van der Waals surface area contributed by atoms with Crippen molar-refractivity contribution in [1.29, 1.82) is 0 Å². The second-order valence-electron chi connectivity index (χ2n) is 3.59. The minimum atomic E-state index is -0.556. The number of hydrogen-bond donors (Lipinski definition) is 2. The summed E-state index contributed by atoms with van der Waals surface area (Å²) in [5.74, 6) is 0. The lowest BCUT2D eigenvalue weighted by atomic mass is 9.96. The number of hydrogen-bond acceptors (Lipinski definition) is 2. The van der Waals surface area contributed by atoms with E-state index in [9.17, 15) is 5.11 Å². The third-order valence-corrected chi connectivity index (χ3v) is 2.46. The molecule has 0 aromatic heterocycles. The standard InChI is InChI=1S/C11H17NO/c1-7-5-4-6-10(8(7)2)11(13)9(3)12/h4-6,9,11,13H,12H2,1-3H3/t9-,11+/m0/s1. The van der Waals surface area contributed by atoms with Crippen LogP contribution in [-0.4, -0.2) is 11.1 Å². The minimum Gasteiger partial charge on any atom is -0.387 e. The van der Waals surface area contributed by atoms with Gasteiger partial charge in [-0.25, -0.2) is 0 Å². The molecule has 13 heavy (non-hydrogen) atoms. The quantitative estimate of drug-likeness (QED) is 0.725. The van der Waals surface area contributed by atoms with Gasteiger partial charge < -0.3 is 10.8 Å². The van der Waals surface area contributed by atoms with Crippen molar-refractivity contribution in [2.45, 2.75) is 32.9 Å². The molecule has 1 rings (SSSR count). The highest BCUT2D eigenvalue weighted by Gasteiger charge is 2.14. The Balaban J connectivity index is 3.07. The fourth-order valence-corrected chi connectivity index (χ4v) is 1.38. The normalized spacial score (nSPS) is 15.5. The van der Waals surface area contributed by atoms with Crippen LogP contribution in [0.25, 0.3) is 0 Å². The number of aryl methyl sites for hydroxylation is 1. The Morgan fingerprint density at radius 2 is 1.92 bits per heavy atom. The van der Waals surface area contributed by atoms with E-state index in [0.29, 0.717) is 0 Å². The third kappa shape index (κ3) is 2.08. The maximum Gasteiger partial charge on any atom is 0.0940 e. The Hall–Kier alpha value is -0.860. The van der Waals surface area contributed by atoms with Crippen molar-refractivity contribution in [2.24, 2.45) is 5.73 Å². The lowest BCUT2D eigenvalue weighted by Crippen LogP contribution is -2.25. The fourth-order valence-electron chi connectivity index (χ4n) is 1.38. The third-order valence-electron chi connectivity index (χ3n) is 2.46. The number of aliphatic hydroxyl groups excluding tert-OH is 1. The summed E-state index contributed by atoms with van der Waals surface area (Å²) in [5, 5.41) is 9.78. The first kappa shape index (κ1) is 10.2. The summed E-state index contributed by atoms with van der Waals surface area (Å²) >= 11 is 0. The predicted octanol–water partition coefficient (Wildman–Crippen LogP) is 1.68. The van der Waals surface area contributed by atoms with Crippen LogP contribution >= 0.6 is 0 Å². The molecule has 1 aromatic carbocycles. The Labute approximate surface area is 79.4 Å². The van der Waals surface area contributed by atoms with Crippen LogP contribution in [-0.2, 0) is 0 Å². The van der Waals surface area contributed by atoms with Gasteiger partial charge in [0.1, 0.15) is 0 Å². The van der Waals surface area contributed by atoms with Crippen LogP contribution < -0.4 is 5.73 Å². The second-order valence-corrected chi connectivity index (χ2v) is 3.59. The van der Waals surface area contributed by atoms with Crippen molar-refractivity contribution in [2.75, 3.05) is 0 Å². The van der Waals surface area contributed by atoms with Crippen LogP contribution in [0, 0.1) is 13.8 Å². The number of aliphatic hydroxyl groups is 1. The van der Waals surface area contributed by atoms with E-state index < -0.39 is 6.10 Å². The average molecular weight is 179 g/mol. The minimum absolute atomic E-state index is 0.222. The summed E-state index contributed by atoms with van der Waals surface area (Å²) in [4.78, 5) is 0. The molecule has 3 N–H and O–H groups in total. The molecule has 0 saturated carbocycles. The molecular formula is C11H17NO. The number of rotatable bonds is 2. The van der Waals surface area contributed by atoms with Crippen LogP contribution in [0.15, 0.2) is 18.2 Å². The zero-order valence-corrected chi connectivity index (χ0v) is 8.41. The van der Waals surface area contributed by atoms with Crippen molar-refractivity contribution in [1.82, 2.24) is 0 Å². The Morgan fingerprint density at radius 1 is 1.31 bits per heavy atom. The van der Waals surface area contributed by atoms with Crippen molar-refractivity contribution >= 4 is 0 Å². The smallest absolute Gasteiger partial charge is 0.0940 e. The summed E-state index contributed by atoms with van der Waals surface area (Å²) in [6.45, 7) is 5.86. The molecule has 1 aromatic rings. The Bertz CT molecular complexity index is 294. The number of nitrogens with two attached hydrogens (primary N) is 1. The van der Waals surface area contributed by atoms with E-state index in [4.69, 9.17) is 5.73 Å². The molecule has 0 unspecified atom stereocenters. The van der Waals surface area contributed by atoms with Gasteiger partial charge in [-0.15, -0.1) is 0 Å². The molecule has 0 saturated heterocycles. The van der Waals surface area contributed by atoms with Crippen molar-refractivity contribution in [3.05, 3.63) is 34.9 Å². The monoisotopic (exact) mass is 179 g/mol. The molecule has 2 atom stereocenters. The summed E-state index contributed by atoms with van der Waals surface area (Å²) < 4.78 is 0. The molecule has 72 valence electrons. The van der Waals surface area contributed by atoms with E-state index >= 15 is 0 Å². The van der Waals surface area contributed by atoms with Gasteiger partial charge in [0.25, 0.3) is 0 Å². The summed E-state index contributed by atoms with van der Waals surface area (Å²) in [6.07, 6.45) is -0.556. The molecule has 0 bridgehead atoms. The first-order valence-electron chi connectivity index (χ1n) is 4.53. The molecule has 0 amide bonds. The molecule has 0 aliphatic heterocycles. The van der Waals surface area contributed by atoms with Crippen LogP contribution in [0.3, 0.4) is 0 Å². The zero-order valence-electron chi connectivity index (χ0n) is 8.41. The predicted molar refractivity (Wildman–Crippen MR) is 54.5 cm³/mol. The van der Waals surface area contributed by atoms with Gasteiger partial charge in [-0.05, 0) is 37.5 Å². The highest BCUT2D eigenvalue weighted by molar-refractivity contribution is 5.35. The lowest BCUT2D eigenvalue weighted by Gasteiger charge is -2.18. The summed E-state index contributed by atoms with van der Waals surface area (Å²) in [7, 11) is 0. The summed E-state index contributed by atoms with van der Waals surface area (Å²) in [5.41, 5.74) is 8.90. The summed E-state index contributed by atoms with van der Waals surface area (Å²) in [6, 6.07) is 5.69. The van der Waals surface area contributed by atoms with E-state index in [1.807, 2.05) is 39.0 Å². The van der Waals surface area contributed by atoms with E-state index in [2.05, 4.69) is 0 Å². The van der Waals surface area contributed by atoms with Gasteiger partial charge in [0.2, 0.25) is 0 Å². The van der Waals surface area contributed by atoms with Crippen LogP contribution in [0.1, 0.15) is 29.7 Å². The average Bonchev–Trinajstić information content (AvgIpc) is 2.08. The molecule has 0 spiro atoms. The van der Waals surface area contributed by atoms with E-state index in [1.165, 1.54) is 5.56 Å². The van der Waals surface area contributed by atoms with Crippen molar-refractivity contribution in [3.8, 4) is 0 Å². The Morgan fingerprint density at radius 3 is 2.46 bits per heavy atom. The van der Waals surface area contributed by atoms with Crippen LogP contribution in [0.5, 0.6) is 0 Å². The van der Waals surface area contributed by atoms with Gasteiger partial charge in [-0.2, -0.15) is 0 Å². The first-order valence-corrected chi connectivity index (χ1v) is 4.53. The maximum absolute atomic E-state index is 9.78.